The lowest BCUT2D eigenvalue weighted by Crippen LogP contribution is -2.01. The second-order valence-electron chi connectivity index (χ2n) is 3.51. The summed E-state index contributed by atoms with van der Waals surface area (Å²) in [6.07, 6.45) is 3.42. The van der Waals surface area contributed by atoms with Gasteiger partial charge in [0.25, 0.3) is 0 Å². The Balaban J connectivity index is 2.13. The molecule has 0 atom stereocenters. The Kier molecular flexibility index (Phi) is 3.01. The first kappa shape index (κ1) is 9.90. The van der Waals surface area contributed by atoms with Gasteiger partial charge in [0.1, 0.15) is 10.4 Å². The standard InChI is InChI=1S/C10H13BrN2O/c1-2-5-14-9-6-8(11)12-10(13-9)7-3-4-7/h6-7H,2-5H2,1H3. The van der Waals surface area contributed by atoms with Gasteiger partial charge in [-0.2, -0.15) is 4.98 Å². The summed E-state index contributed by atoms with van der Waals surface area (Å²) < 4.78 is 6.29. The summed E-state index contributed by atoms with van der Waals surface area (Å²) in [5.74, 6) is 2.18. The molecule has 1 aromatic heterocycles. The van der Waals surface area contributed by atoms with Crippen LogP contribution in [0.5, 0.6) is 5.88 Å². The number of halogens is 1. The van der Waals surface area contributed by atoms with Gasteiger partial charge in [-0.1, -0.05) is 6.92 Å². The van der Waals surface area contributed by atoms with Gasteiger partial charge in [0, 0.05) is 12.0 Å². The second-order valence-corrected chi connectivity index (χ2v) is 4.32. The van der Waals surface area contributed by atoms with Crippen LogP contribution in [0.15, 0.2) is 10.7 Å². The summed E-state index contributed by atoms with van der Waals surface area (Å²) >= 11 is 3.37. The van der Waals surface area contributed by atoms with Gasteiger partial charge in [-0.25, -0.2) is 4.98 Å². The van der Waals surface area contributed by atoms with Crippen LogP contribution in [0.4, 0.5) is 0 Å². The number of hydrogen-bond acceptors (Lipinski definition) is 3. The van der Waals surface area contributed by atoms with Crippen LogP contribution < -0.4 is 4.74 Å². The molecule has 0 aromatic carbocycles. The molecular formula is C10H13BrN2O. The first-order valence-corrected chi connectivity index (χ1v) is 5.76. The minimum atomic E-state index is 0.566. The van der Waals surface area contributed by atoms with Crippen molar-refractivity contribution in [2.45, 2.75) is 32.1 Å². The van der Waals surface area contributed by atoms with Gasteiger partial charge in [0.2, 0.25) is 5.88 Å². The van der Waals surface area contributed by atoms with Crippen LogP contribution in [0.25, 0.3) is 0 Å². The van der Waals surface area contributed by atoms with E-state index in [0.717, 1.165) is 16.8 Å². The van der Waals surface area contributed by atoms with Gasteiger partial charge in [0.15, 0.2) is 0 Å². The third-order valence-electron chi connectivity index (χ3n) is 2.09. The van der Waals surface area contributed by atoms with Crippen LogP contribution in [-0.4, -0.2) is 16.6 Å². The Hall–Kier alpha value is -0.640. The highest BCUT2D eigenvalue weighted by Gasteiger charge is 2.27. The lowest BCUT2D eigenvalue weighted by molar-refractivity contribution is 0.303. The van der Waals surface area contributed by atoms with Crippen molar-refractivity contribution in [2.24, 2.45) is 0 Å². The van der Waals surface area contributed by atoms with Gasteiger partial charge < -0.3 is 4.74 Å². The number of hydrogen-bond donors (Lipinski definition) is 0. The van der Waals surface area contributed by atoms with Crippen molar-refractivity contribution in [3.05, 3.63) is 16.5 Å². The van der Waals surface area contributed by atoms with Crippen LogP contribution >= 0.6 is 15.9 Å². The molecule has 0 radical (unpaired) electrons. The lowest BCUT2D eigenvalue weighted by atomic mass is 10.4. The van der Waals surface area contributed by atoms with E-state index in [-0.39, 0.29) is 0 Å². The van der Waals surface area contributed by atoms with Crippen molar-refractivity contribution < 1.29 is 4.74 Å². The smallest absolute Gasteiger partial charge is 0.217 e. The maximum Gasteiger partial charge on any atom is 0.217 e. The van der Waals surface area contributed by atoms with Crippen molar-refractivity contribution in [1.82, 2.24) is 9.97 Å². The molecule has 0 aliphatic heterocycles. The van der Waals surface area contributed by atoms with Crippen LogP contribution in [0.1, 0.15) is 37.9 Å². The van der Waals surface area contributed by atoms with E-state index in [9.17, 15) is 0 Å². The minimum Gasteiger partial charge on any atom is -0.478 e. The van der Waals surface area contributed by atoms with Crippen LogP contribution in [-0.2, 0) is 0 Å². The van der Waals surface area contributed by atoms with Gasteiger partial charge in [-0.15, -0.1) is 0 Å². The number of rotatable bonds is 4. The van der Waals surface area contributed by atoms with E-state index in [2.05, 4.69) is 32.8 Å². The largest absolute Gasteiger partial charge is 0.478 e. The van der Waals surface area contributed by atoms with Crippen molar-refractivity contribution in [2.75, 3.05) is 6.61 Å². The molecule has 1 aromatic rings. The Morgan fingerprint density at radius 1 is 1.50 bits per heavy atom. The van der Waals surface area contributed by atoms with Gasteiger partial charge >= 0.3 is 0 Å². The monoisotopic (exact) mass is 256 g/mol. The molecular weight excluding hydrogens is 244 g/mol. The minimum absolute atomic E-state index is 0.566. The third-order valence-corrected chi connectivity index (χ3v) is 2.49. The molecule has 14 heavy (non-hydrogen) atoms. The molecule has 0 unspecified atom stereocenters. The fourth-order valence-corrected chi connectivity index (χ4v) is 1.60. The molecule has 0 saturated heterocycles. The SMILES string of the molecule is CCCOc1cc(Br)nc(C2CC2)n1. The van der Waals surface area contributed by atoms with E-state index in [1.807, 2.05) is 6.07 Å². The predicted molar refractivity (Wildman–Crippen MR) is 57.5 cm³/mol. The van der Waals surface area contributed by atoms with E-state index in [1.54, 1.807) is 0 Å². The maximum absolute atomic E-state index is 5.47. The van der Waals surface area contributed by atoms with Crippen molar-refractivity contribution in [3.8, 4) is 5.88 Å². The van der Waals surface area contributed by atoms with Gasteiger partial charge in [0.05, 0.1) is 6.61 Å². The summed E-state index contributed by atoms with van der Waals surface area (Å²) in [6.45, 7) is 2.80. The molecule has 1 heterocycles. The summed E-state index contributed by atoms with van der Waals surface area (Å²) in [5.41, 5.74) is 0. The van der Waals surface area contributed by atoms with Crippen molar-refractivity contribution >= 4 is 15.9 Å². The van der Waals surface area contributed by atoms with E-state index < -0.39 is 0 Å². The highest BCUT2D eigenvalue weighted by molar-refractivity contribution is 9.10. The summed E-state index contributed by atoms with van der Waals surface area (Å²) in [6, 6.07) is 1.82. The molecule has 3 nitrogen and oxygen atoms in total. The molecule has 1 aliphatic carbocycles. The van der Waals surface area contributed by atoms with E-state index in [1.165, 1.54) is 12.8 Å². The fraction of sp³-hybridized carbons (Fsp3) is 0.600. The number of nitrogens with zero attached hydrogens (tertiary/aromatic N) is 2. The second kappa shape index (κ2) is 4.26. The molecule has 4 heteroatoms. The third kappa shape index (κ3) is 2.44. The molecule has 0 amide bonds. The Labute approximate surface area is 92.0 Å². The van der Waals surface area contributed by atoms with Crippen LogP contribution in [0, 0.1) is 0 Å². The Morgan fingerprint density at radius 3 is 2.93 bits per heavy atom. The first-order chi connectivity index (χ1) is 6.79. The van der Waals surface area contributed by atoms with Crippen LogP contribution in [0.3, 0.4) is 0 Å². The molecule has 1 aliphatic rings. The normalized spacial score (nSPS) is 15.6. The molecule has 0 N–H and O–H groups in total. The van der Waals surface area contributed by atoms with Crippen molar-refractivity contribution in [3.63, 3.8) is 0 Å². The lowest BCUT2D eigenvalue weighted by Gasteiger charge is -2.05. The van der Waals surface area contributed by atoms with E-state index in [0.29, 0.717) is 18.4 Å². The molecule has 1 fully saturated rings. The number of ether oxygens (including phenoxy) is 1. The van der Waals surface area contributed by atoms with E-state index in [4.69, 9.17) is 4.74 Å². The van der Waals surface area contributed by atoms with Gasteiger partial charge in [-0.3, -0.25) is 0 Å². The highest BCUT2D eigenvalue weighted by atomic mass is 79.9. The van der Waals surface area contributed by atoms with Gasteiger partial charge in [-0.05, 0) is 35.2 Å². The Morgan fingerprint density at radius 2 is 2.29 bits per heavy atom. The molecule has 2 rings (SSSR count). The molecule has 1 saturated carbocycles. The first-order valence-electron chi connectivity index (χ1n) is 4.97. The quantitative estimate of drug-likeness (QED) is 0.778. The summed E-state index contributed by atoms with van der Waals surface area (Å²) in [4.78, 5) is 8.70. The molecule has 76 valence electrons. The average Bonchev–Trinajstić information content (AvgIpc) is 2.97. The Bertz CT molecular complexity index is 326. The average molecular weight is 257 g/mol. The van der Waals surface area contributed by atoms with E-state index >= 15 is 0 Å². The zero-order valence-electron chi connectivity index (χ0n) is 8.16. The molecule has 0 spiro atoms. The number of aromatic nitrogens is 2. The van der Waals surface area contributed by atoms with Crippen LogP contribution in [0.2, 0.25) is 0 Å². The zero-order valence-corrected chi connectivity index (χ0v) is 9.75. The predicted octanol–water partition coefficient (Wildman–Crippen LogP) is 2.91. The summed E-state index contributed by atoms with van der Waals surface area (Å²) in [7, 11) is 0. The fourth-order valence-electron chi connectivity index (χ4n) is 1.22. The molecule has 0 bridgehead atoms. The zero-order chi connectivity index (χ0) is 9.97. The highest BCUT2D eigenvalue weighted by Crippen LogP contribution is 2.38. The van der Waals surface area contributed by atoms with Crippen molar-refractivity contribution in [1.29, 1.82) is 0 Å². The summed E-state index contributed by atoms with van der Waals surface area (Å²) in [5, 5.41) is 0. The maximum atomic E-state index is 5.47. The topological polar surface area (TPSA) is 35.0 Å².